The number of carbonyl (C=O) groups is 2. The van der Waals surface area contributed by atoms with Crippen LogP contribution in [0.1, 0.15) is 5.56 Å². The minimum atomic E-state index is -5.75. The molecule has 0 heterocycles. The van der Waals surface area contributed by atoms with Gasteiger partial charge in [-0.2, -0.15) is 17.2 Å². The first kappa shape index (κ1) is 21.9. The first-order valence-corrected chi connectivity index (χ1v) is 8.11. The molecule has 0 aliphatic heterocycles. The van der Waals surface area contributed by atoms with E-state index in [9.17, 15) is 26.8 Å². The zero-order chi connectivity index (χ0) is 20.1. The lowest BCUT2D eigenvalue weighted by Crippen LogP contribution is -2.34. The second-order valence-corrected chi connectivity index (χ2v) is 6.32. The normalized spacial score (nSPS) is 12.1. The molecule has 0 bridgehead atoms. The van der Waals surface area contributed by atoms with Gasteiger partial charge < -0.3 is 9.47 Å². The van der Waals surface area contributed by atoms with Gasteiger partial charge in [-0.3, -0.25) is 4.55 Å². The fourth-order valence-corrected chi connectivity index (χ4v) is 1.77. The van der Waals surface area contributed by atoms with Crippen molar-refractivity contribution < 1.29 is 40.8 Å². The van der Waals surface area contributed by atoms with Crippen molar-refractivity contribution in [2.24, 2.45) is 0 Å². The molecule has 0 aliphatic carbocycles. The minimum absolute atomic E-state index is 0.00238. The number of carbonyl (C=O) groups excluding carboxylic acids is 2. The Kier molecular flexibility index (Phi) is 7.16. The van der Waals surface area contributed by atoms with E-state index in [-0.39, 0.29) is 23.0 Å². The Morgan fingerprint density at radius 3 is 2.31 bits per heavy atom. The third kappa shape index (κ3) is 5.99. The van der Waals surface area contributed by atoms with Crippen molar-refractivity contribution in [3.63, 3.8) is 0 Å². The molecule has 0 atom stereocenters. The molecule has 0 unspecified atom stereocenters. The second kappa shape index (κ2) is 8.50. The van der Waals surface area contributed by atoms with Crippen LogP contribution in [0.5, 0.6) is 5.75 Å². The van der Waals surface area contributed by atoms with Gasteiger partial charge in [0.25, 0.3) is 0 Å². The molecule has 6 radical (unpaired) electrons. The van der Waals surface area contributed by atoms with Gasteiger partial charge in [0.2, 0.25) is 0 Å². The van der Waals surface area contributed by atoms with Gasteiger partial charge in [0, 0.05) is 12.2 Å². The van der Waals surface area contributed by atoms with E-state index in [0.29, 0.717) is 17.7 Å². The lowest BCUT2D eigenvalue weighted by molar-refractivity contribution is -0.144. The van der Waals surface area contributed by atoms with Crippen molar-refractivity contribution in [1.29, 1.82) is 0 Å². The molecule has 0 saturated carbocycles. The van der Waals surface area contributed by atoms with Gasteiger partial charge in [0.05, 0.1) is 7.85 Å². The highest BCUT2D eigenvalue weighted by Gasteiger charge is 2.45. The first-order chi connectivity index (χ1) is 11.9. The Morgan fingerprint density at radius 1 is 1.19 bits per heavy atom. The summed E-state index contributed by atoms with van der Waals surface area (Å²) in [6, 6.07) is 2.71. The van der Waals surface area contributed by atoms with E-state index < -0.39 is 33.9 Å². The van der Waals surface area contributed by atoms with Crippen molar-refractivity contribution in [3.8, 4) is 5.75 Å². The number of hydrogen-bond acceptors (Lipinski definition) is 6. The summed E-state index contributed by atoms with van der Waals surface area (Å²) < 4.78 is 63.5. The third-order valence-corrected chi connectivity index (χ3v) is 3.63. The molecule has 1 N–H and O–H groups in total. The predicted octanol–water partition coefficient (Wildman–Crippen LogP) is -1.57. The monoisotopic (exact) mass is 380 g/mol. The van der Waals surface area contributed by atoms with Crippen LogP contribution < -0.4 is 15.7 Å². The molecular formula is C13H9B3F2O7S. The maximum Gasteiger partial charge on any atom is 0.402 e. The summed E-state index contributed by atoms with van der Waals surface area (Å²) in [4.78, 5) is 22.9. The van der Waals surface area contributed by atoms with Crippen LogP contribution in [0.25, 0.3) is 0 Å². The first-order valence-electron chi connectivity index (χ1n) is 6.67. The largest absolute Gasteiger partial charge is 0.455 e. The highest BCUT2D eigenvalue weighted by atomic mass is 32.2. The molecule has 0 spiro atoms. The minimum Gasteiger partial charge on any atom is -0.455 e. The number of halogens is 2. The number of ether oxygens (including phenoxy) is 2. The molecule has 0 aliphatic rings. The van der Waals surface area contributed by atoms with Crippen LogP contribution in [0.15, 0.2) is 24.3 Å². The summed E-state index contributed by atoms with van der Waals surface area (Å²) in [5.74, 6) is -2.69. The summed E-state index contributed by atoms with van der Waals surface area (Å²) in [5, 5.41) is -4.69. The molecule has 0 saturated heterocycles. The van der Waals surface area contributed by atoms with Gasteiger partial charge in [-0.25, -0.2) is 9.59 Å². The maximum absolute atomic E-state index is 12.9. The van der Waals surface area contributed by atoms with Crippen LogP contribution >= 0.6 is 0 Å². The van der Waals surface area contributed by atoms with Crippen molar-refractivity contribution >= 4 is 56.5 Å². The van der Waals surface area contributed by atoms with E-state index in [4.69, 9.17) is 32.8 Å². The quantitative estimate of drug-likeness (QED) is 0.200. The zero-order valence-electron chi connectivity index (χ0n) is 13.0. The van der Waals surface area contributed by atoms with Gasteiger partial charge in [0.1, 0.15) is 21.4 Å². The fraction of sp³-hybridized carbons (Fsp3) is 0.231. The third-order valence-electron chi connectivity index (χ3n) is 2.75. The Morgan fingerprint density at radius 2 is 1.77 bits per heavy atom. The van der Waals surface area contributed by atoms with E-state index in [1.165, 1.54) is 12.1 Å². The van der Waals surface area contributed by atoms with E-state index in [2.05, 4.69) is 4.74 Å². The molecule has 0 amide bonds. The van der Waals surface area contributed by atoms with Crippen LogP contribution in [0, 0.1) is 0 Å². The lowest BCUT2D eigenvalue weighted by atomic mass is 9.81. The summed E-state index contributed by atoms with van der Waals surface area (Å²) in [6.45, 7) is -1.94. The molecule has 26 heavy (non-hydrogen) atoms. The SMILES string of the molecule is [B]Cc1cc([B])cc([B])c1OC(=O)/C=C/C(=O)OCC(F)(F)S(=O)(=O)O. The highest BCUT2D eigenvalue weighted by Crippen LogP contribution is 2.20. The Hall–Kier alpha value is -2.14. The summed E-state index contributed by atoms with van der Waals surface area (Å²) >= 11 is 0. The van der Waals surface area contributed by atoms with Gasteiger partial charge in [0.15, 0.2) is 6.61 Å². The van der Waals surface area contributed by atoms with Gasteiger partial charge >= 0.3 is 27.3 Å². The summed E-state index contributed by atoms with van der Waals surface area (Å²) in [6.07, 6.45) is 0.885. The molecule has 0 fully saturated rings. The Labute approximate surface area is 151 Å². The lowest BCUT2D eigenvalue weighted by Gasteiger charge is -2.13. The van der Waals surface area contributed by atoms with E-state index in [1.807, 2.05) is 0 Å². The summed E-state index contributed by atoms with van der Waals surface area (Å²) in [7, 11) is 10.9. The Balaban J connectivity index is 2.73. The van der Waals surface area contributed by atoms with Gasteiger partial charge in [-0.15, -0.1) is 0 Å². The molecule has 0 aromatic heterocycles. The standard InChI is InChI=1S/C13H9B3F2O7S/c14-5-7-3-8(15)4-9(16)12(7)25-11(20)2-1-10(19)24-6-13(17,18)26(21,22)23/h1-4H,5-6H2,(H,21,22,23)/b2-1+. The summed E-state index contributed by atoms with van der Waals surface area (Å²) in [5.41, 5.74) is 0.587. The van der Waals surface area contributed by atoms with Crippen LogP contribution in [0.2, 0.25) is 0 Å². The van der Waals surface area contributed by atoms with Crippen LogP contribution in [0.4, 0.5) is 8.78 Å². The average molecular weight is 380 g/mol. The van der Waals surface area contributed by atoms with Crippen LogP contribution in [-0.2, 0) is 30.8 Å². The van der Waals surface area contributed by atoms with E-state index in [1.54, 1.807) is 0 Å². The number of alkyl halides is 2. The number of hydrogen-bond donors (Lipinski definition) is 1. The average Bonchev–Trinajstić information content (AvgIpc) is 2.52. The predicted molar refractivity (Wildman–Crippen MR) is 88.9 cm³/mol. The van der Waals surface area contributed by atoms with Crippen molar-refractivity contribution in [3.05, 3.63) is 29.8 Å². The number of esters is 2. The van der Waals surface area contributed by atoms with E-state index in [0.717, 1.165) is 0 Å². The fourth-order valence-electron chi connectivity index (χ4n) is 1.56. The van der Waals surface area contributed by atoms with E-state index >= 15 is 0 Å². The zero-order valence-corrected chi connectivity index (χ0v) is 13.8. The Bertz CT molecular complexity index is 840. The molecule has 1 aromatic rings. The van der Waals surface area contributed by atoms with Gasteiger partial charge in [-0.05, 0) is 5.56 Å². The second-order valence-electron chi connectivity index (χ2n) is 4.78. The van der Waals surface area contributed by atoms with Crippen LogP contribution in [-0.4, -0.2) is 60.3 Å². The number of rotatable bonds is 7. The van der Waals surface area contributed by atoms with Crippen molar-refractivity contribution in [2.75, 3.05) is 6.61 Å². The molecule has 1 aromatic carbocycles. The highest BCUT2D eigenvalue weighted by molar-refractivity contribution is 7.86. The molecule has 7 nitrogen and oxygen atoms in total. The molecular weight excluding hydrogens is 371 g/mol. The number of benzene rings is 1. The van der Waals surface area contributed by atoms with Crippen molar-refractivity contribution in [2.45, 2.75) is 11.6 Å². The molecule has 132 valence electrons. The maximum atomic E-state index is 12.9. The van der Waals surface area contributed by atoms with Crippen molar-refractivity contribution in [1.82, 2.24) is 0 Å². The topological polar surface area (TPSA) is 107 Å². The molecule has 1 rings (SSSR count). The van der Waals surface area contributed by atoms with Gasteiger partial charge in [-0.1, -0.05) is 29.4 Å². The van der Waals surface area contributed by atoms with Crippen LogP contribution in [0.3, 0.4) is 0 Å². The smallest absolute Gasteiger partial charge is 0.402 e. The molecule has 13 heteroatoms.